The predicted octanol–water partition coefficient (Wildman–Crippen LogP) is 0.416. The second-order valence-corrected chi connectivity index (χ2v) is 3.41. The highest BCUT2D eigenvalue weighted by molar-refractivity contribution is 4.93. The maximum Gasteiger partial charge on any atom is 0.108 e. The fourth-order valence-electron chi connectivity index (χ4n) is 1.44. The van der Waals surface area contributed by atoms with E-state index in [9.17, 15) is 0 Å². The van der Waals surface area contributed by atoms with Crippen LogP contribution in [-0.4, -0.2) is 34.4 Å². The number of likely N-dealkylation sites (N-methyl/N-ethyl adjacent to an activating group) is 1. The highest BCUT2D eigenvalue weighted by Crippen LogP contribution is 2.02. The summed E-state index contributed by atoms with van der Waals surface area (Å²) < 4.78 is 2.10. The number of hydrogen-bond acceptors (Lipinski definition) is 3. The summed E-state index contributed by atoms with van der Waals surface area (Å²) in [5, 5.41) is 12.1. The molecule has 14 heavy (non-hydrogen) atoms. The van der Waals surface area contributed by atoms with E-state index in [-0.39, 0.29) is 12.6 Å². The van der Waals surface area contributed by atoms with Crippen molar-refractivity contribution in [3.05, 3.63) is 18.2 Å². The Balaban J connectivity index is 2.60. The molecule has 4 heteroatoms. The summed E-state index contributed by atoms with van der Waals surface area (Å²) in [5.41, 5.74) is 0. The predicted molar refractivity (Wildman–Crippen MR) is 56.2 cm³/mol. The lowest BCUT2D eigenvalue weighted by atomic mass is 10.3. The smallest absolute Gasteiger partial charge is 0.108 e. The molecule has 0 aliphatic rings. The zero-order valence-electron chi connectivity index (χ0n) is 8.90. The van der Waals surface area contributed by atoms with Crippen LogP contribution in [0.3, 0.4) is 0 Å². The van der Waals surface area contributed by atoms with Gasteiger partial charge in [0.15, 0.2) is 0 Å². The van der Waals surface area contributed by atoms with Gasteiger partial charge >= 0.3 is 0 Å². The quantitative estimate of drug-likeness (QED) is 0.694. The lowest BCUT2D eigenvalue weighted by Gasteiger charge is -2.15. The zero-order valence-corrected chi connectivity index (χ0v) is 8.90. The van der Waals surface area contributed by atoms with E-state index in [2.05, 4.69) is 21.8 Å². The molecule has 0 saturated carbocycles. The number of nitrogens with zero attached hydrogens (tertiary/aromatic N) is 2. The molecular formula is C10H19N3O. The van der Waals surface area contributed by atoms with Gasteiger partial charge in [-0.1, -0.05) is 6.92 Å². The minimum atomic E-state index is 0.111. The highest BCUT2D eigenvalue weighted by Gasteiger charge is 2.07. The maximum atomic E-state index is 9.05. The van der Waals surface area contributed by atoms with Gasteiger partial charge in [0, 0.05) is 31.4 Å². The van der Waals surface area contributed by atoms with Gasteiger partial charge in [0.25, 0.3) is 0 Å². The molecule has 1 aromatic heterocycles. The van der Waals surface area contributed by atoms with Crippen LogP contribution in [0.25, 0.3) is 0 Å². The summed E-state index contributed by atoms with van der Waals surface area (Å²) in [4.78, 5) is 4.28. The molecule has 0 spiro atoms. The molecule has 0 bridgehead atoms. The van der Waals surface area contributed by atoms with Crippen LogP contribution in [0, 0.1) is 0 Å². The zero-order chi connectivity index (χ0) is 10.4. The van der Waals surface area contributed by atoms with E-state index in [1.807, 2.05) is 19.4 Å². The third kappa shape index (κ3) is 2.82. The Bertz CT molecular complexity index is 256. The average Bonchev–Trinajstić information content (AvgIpc) is 2.62. The van der Waals surface area contributed by atoms with Gasteiger partial charge in [-0.2, -0.15) is 0 Å². The largest absolute Gasteiger partial charge is 0.395 e. The Morgan fingerprint density at radius 2 is 2.43 bits per heavy atom. The van der Waals surface area contributed by atoms with E-state index >= 15 is 0 Å². The minimum Gasteiger partial charge on any atom is -0.395 e. The normalized spacial score (nSPS) is 13.1. The van der Waals surface area contributed by atoms with Crippen LogP contribution in [0.5, 0.6) is 0 Å². The van der Waals surface area contributed by atoms with Crippen LogP contribution in [0.15, 0.2) is 12.4 Å². The van der Waals surface area contributed by atoms with Crippen molar-refractivity contribution in [2.45, 2.75) is 32.4 Å². The van der Waals surface area contributed by atoms with E-state index in [4.69, 9.17) is 5.11 Å². The van der Waals surface area contributed by atoms with Crippen molar-refractivity contribution in [2.24, 2.45) is 0 Å². The molecule has 4 nitrogen and oxygen atoms in total. The number of aryl methyl sites for hydroxylation is 1. The fraction of sp³-hybridized carbons (Fsp3) is 0.700. The van der Waals surface area contributed by atoms with Crippen LogP contribution < -0.4 is 5.32 Å². The minimum absolute atomic E-state index is 0.111. The van der Waals surface area contributed by atoms with Gasteiger partial charge in [-0.25, -0.2) is 4.98 Å². The van der Waals surface area contributed by atoms with Crippen molar-refractivity contribution in [2.75, 3.05) is 13.7 Å². The van der Waals surface area contributed by atoms with Crippen molar-refractivity contribution in [1.82, 2.24) is 14.9 Å². The van der Waals surface area contributed by atoms with Crippen molar-refractivity contribution < 1.29 is 5.11 Å². The molecule has 0 radical (unpaired) electrons. The van der Waals surface area contributed by atoms with E-state index < -0.39 is 0 Å². The van der Waals surface area contributed by atoms with E-state index in [1.54, 1.807) is 0 Å². The molecule has 0 saturated heterocycles. The Hall–Kier alpha value is -0.870. The van der Waals surface area contributed by atoms with Crippen LogP contribution in [0.1, 0.15) is 19.2 Å². The molecule has 80 valence electrons. The Labute approximate surface area is 85.0 Å². The number of imidazole rings is 1. The second kappa shape index (κ2) is 5.78. The van der Waals surface area contributed by atoms with Crippen LogP contribution >= 0.6 is 0 Å². The fourth-order valence-corrected chi connectivity index (χ4v) is 1.44. The number of rotatable bonds is 6. The summed E-state index contributed by atoms with van der Waals surface area (Å²) in [5.74, 6) is 1.10. The summed E-state index contributed by atoms with van der Waals surface area (Å²) in [6.45, 7) is 3.07. The molecule has 1 atom stereocenters. The first-order chi connectivity index (χ1) is 6.81. The first kappa shape index (κ1) is 11.2. The number of aromatic nitrogens is 2. The summed E-state index contributed by atoms with van der Waals surface area (Å²) in [6, 6.07) is 0.111. The topological polar surface area (TPSA) is 50.1 Å². The first-order valence-electron chi connectivity index (χ1n) is 5.10. The molecule has 1 rings (SSSR count). The molecule has 0 aromatic carbocycles. The van der Waals surface area contributed by atoms with Crippen LogP contribution in [0.2, 0.25) is 0 Å². The monoisotopic (exact) mass is 197 g/mol. The molecule has 1 heterocycles. The van der Waals surface area contributed by atoms with E-state index in [1.165, 1.54) is 0 Å². The number of hydrogen-bond donors (Lipinski definition) is 2. The molecule has 0 aliphatic heterocycles. The molecule has 2 N–H and O–H groups in total. The summed E-state index contributed by atoms with van der Waals surface area (Å²) in [6.07, 6.45) is 5.87. The standard InChI is InChI=1S/C10H19N3O/c1-3-4-10-12-5-6-13(10)7-9(8-14)11-2/h5-6,9,11,14H,3-4,7-8H2,1-2H3. The van der Waals surface area contributed by atoms with E-state index in [0.29, 0.717) is 0 Å². The van der Waals surface area contributed by atoms with Gasteiger partial charge < -0.3 is 15.0 Å². The van der Waals surface area contributed by atoms with Gasteiger partial charge in [-0.15, -0.1) is 0 Å². The lowest BCUT2D eigenvalue weighted by molar-refractivity contribution is 0.234. The highest BCUT2D eigenvalue weighted by atomic mass is 16.3. The van der Waals surface area contributed by atoms with Crippen LogP contribution in [0.4, 0.5) is 0 Å². The second-order valence-electron chi connectivity index (χ2n) is 3.41. The van der Waals surface area contributed by atoms with Gasteiger partial charge in [0.2, 0.25) is 0 Å². The van der Waals surface area contributed by atoms with Gasteiger partial charge in [0.05, 0.1) is 6.61 Å². The van der Waals surface area contributed by atoms with E-state index in [0.717, 1.165) is 25.2 Å². The molecular weight excluding hydrogens is 178 g/mol. The Morgan fingerprint density at radius 1 is 1.64 bits per heavy atom. The van der Waals surface area contributed by atoms with Gasteiger partial charge in [0.1, 0.15) is 5.82 Å². The van der Waals surface area contributed by atoms with Crippen molar-refractivity contribution in [3.63, 3.8) is 0 Å². The van der Waals surface area contributed by atoms with Crippen molar-refractivity contribution in [3.8, 4) is 0 Å². The van der Waals surface area contributed by atoms with Gasteiger partial charge in [-0.3, -0.25) is 0 Å². The number of aliphatic hydroxyl groups is 1. The molecule has 0 amide bonds. The maximum absolute atomic E-state index is 9.05. The van der Waals surface area contributed by atoms with Crippen molar-refractivity contribution >= 4 is 0 Å². The molecule has 0 fully saturated rings. The van der Waals surface area contributed by atoms with Gasteiger partial charge in [-0.05, 0) is 13.5 Å². The molecule has 1 unspecified atom stereocenters. The first-order valence-corrected chi connectivity index (χ1v) is 5.10. The molecule has 0 aliphatic carbocycles. The average molecular weight is 197 g/mol. The lowest BCUT2D eigenvalue weighted by Crippen LogP contribution is -2.33. The number of nitrogens with one attached hydrogen (secondary N) is 1. The summed E-state index contributed by atoms with van der Waals surface area (Å²) >= 11 is 0. The third-order valence-electron chi connectivity index (χ3n) is 2.32. The number of aliphatic hydroxyl groups excluding tert-OH is 1. The summed E-state index contributed by atoms with van der Waals surface area (Å²) in [7, 11) is 1.86. The third-order valence-corrected chi connectivity index (χ3v) is 2.32. The SMILES string of the molecule is CCCc1nccn1CC(CO)NC. The van der Waals surface area contributed by atoms with Crippen LogP contribution in [-0.2, 0) is 13.0 Å². The van der Waals surface area contributed by atoms with Crippen molar-refractivity contribution in [1.29, 1.82) is 0 Å². The Kier molecular flexibility index (Phi) is 4.62. The Morgan fingerprint density at radius 3 is 3.00 bits per heavy atom. The molecule has 1 aromatic rings.